The largest absolute Gasteiger partial charge is 0.466 e. The van der Waals surface area contributed by atoms with Crippen LogP contribution in [0.1, 0.15) is 31.7 Å². The van der Waals surface area contributed by atoms with Crippen LogP contribution in [0.25, 0.3) is 0 Å². The molecule has 5 atom stereocenters. The molecule has 28 heavy (non-hydrogen) atoms. The molecule has 0 amide bonds. The lowest BCUT2D eigenvalue weighted by atomic mass is 10.00. The second-order valence-corrected chi connectivity index (χ2v) is 9.03. The van der Waals surface area contributed by atoms with Gasteiger partial charge in [0, 0.05) is 11.7 Å². The van der Waals surface area contributed by atoms with E-state index in [1.807, 2.05) is 19.2 Å². The molecular formula is C18H34BN7OS. The van der Waals surface area contributed by atoms with Crippen LogP contribution in [0.4, 0.5) is 0 Å². The molecule has 0 aliphatic carbocycles. The van der Waals surface area contributed by atoms with E-state index in [2.05, 4.69) is 47.6 Å². The van der Waals surface area contributed by atoms with E-state index in [4.69, 9.17) is 15.9 Å². The summed E-state index contributed by atoms with van der Waals surface area (Å²) in [5.74, 6) is 0.919. The molecule has 0 saturated carbocycles. The molecule has 0 fully saturated rings. The van der Waals surface area contributed by atoms with Crippen LogP contribution in [-0.4, -0.2) is 68.0 Å². The minimum atomic E-state index is -0.179. The Morgan fingerprint density at radius 2 is 2.11 bits per heavy atom. The molecule has 2 aliphatic rings. The topological polar surface area (TPSA) is 108 Å². The third kappa shape index (κ3) is 4.94. The number of rotatable bonds is 7. The molecule has 7 N–H and O–H groups in total. The average molecular weight is 407 g/mol. The molecule has 3 rings (SSSR count). The summed E-state index contributed by atoms with van der Waals surface area (Å²) in [6, 6.07) is 4.05. The Morgan fingerprint density at radius 3 is 2.79 bits per heavy atom. The summed E-state index contributed by atoms with van der Waals surface area (Å²) in [6.07, 6.45) is 3.84. The van der Waals surface area contributed by atoms with Gasteiger partial charge in [0.05, 0.1) is 17.8 Å². The summed E-state index contributed by atoms with van der Waals surface area (Å²) in [4.78, 5) is 4.69. The van der Waals surface area contributed by atoms with Crippen molar-refractivity contribution in [2.24, 2.45) is 11.5 Å². The van der Waals surface area contributed by atoms with Crippen LogP contribution in [0.3, 0.4) is 0 Å². The van der Waals surface area contributed by atoms with E-state index >= 15 is 0 Å². The Morgan fingerprint density at radius 1 is 1.36 bits per heavy atom. The molecule has 1 aromatic heterocycles. The maximum atomic E-state index is 6.41. The molecule has 1 aromatic rings. The van der Waals surface area contributed by atoms with Gasteiger partial charge >= 0.3 is 0 Å². The summed E-state index contributed by atoms with van der Waals surface area (Å²) in [7, 11) is 6.15. The second-order valence-electron chi connectivity index (χ2n) is 7.70. The van der Waals surface area contributed by atoms with E-state index in [1.54, 1.807) is 6.26 Å². The number of nitrogens with two attached hydrogens (primary N) is 2. The zero-order valence-electron chi connectivity index (χ0n) is 17.3. The fourth-order valence-corrected chi connectivity index (χ4v) is 4.59. The highest BCUT2D eigenvalue weighted by atomic mass is 32.2. The lowest BCUT2D eigenvalue weighted by molar-refractivity contribution is 0.104. The lowest BCUT2D eigenvalue weighted by Gasteiger charge is -2.44. The van der Waals surface area contributed by atoms with Crippen molar-refractivity contribution in [3.05, 3.63) is 35.4 Å². The van der Waals surface area contributed by atoms with Crippen LogP contribution < -0.4 is 27.4 Å². The number of likely N-dealkylation sites (N-methyl/N-ethyl adjacent to an activating group) is 1. The Kier molecular flexibility index (Phi) is 7.49. The fraction of sp³-hybridized carbons (Fsp3) is 0.667. The maximum Gasteiger partial charge on any atom is 0.185 e. The Bertz CT molecular complexity index is 658. The van der Waals surface area contributed by atoms with Gasteiger partial charge in [-0.1, -0.05) is 0 Å². The van der Waals surface area contributed by atoms with Crippen molar-refractivity contribution in [1.29, 1.82) is 0 Å². The van der Waals surface area contributed by atoms with Gasteiger partial charge in [0.2, 0.25) is 0 Å². The fourth-order valence-electron chi connectivity index (χ4n) is 3.80. The molecule has 8 nitrogen and oxygen atoms in total. The average Bonchev–Trinajstić information content (AvgIpc) is 3.14. The molecule has 10 heteroatoms. The Balaban J connectivity index is 1.82. The molecule has 156 valence electrons. The molecular weight excluding hydrogens is 373 g/mol. The van der Waals surface area contributed by atoms with Crippen molar-refractivity contribution in [3.63, 3.8) is 0 Å². The number of hydrogen-bond acceptors (Lipinski definition) is 9. The Labute approximate surface area is 173 Å². The summed E-state index contributed by atoms with van der Waals surface area (Å²) in [5.41, 5.74) is 15.0. The van der Waals surface area contributed by atoms with Gasteiger partial charge < -0.3 is 26.0 Å². The molecule has 3 heterocycles. The smallest absolute Gasteiger partial charge is 0.185 e. The second kappa shape index (κ2) is 9.66. The van der Waals surface area contributed by atoms with Gasteiger partial charge in [0.15, 0.2) is 7.98 Å². The number of nitrogens with zero attached hydrogens (tertiary/aromatic N) is 2. The van der Waals surface area contributed by atoms with E-state index in [1.165, 1.54) is 23.0 Å². The van der Waals surface area contributed by atoms with Crippen LogP contribution in [-0.2, 0) is 0 Å². The predicted molar refractivity (Wildman–Crippen MR) is 118 cm³/mol. The van der Waals surface area contributed by atoms with Gasteiger partial charge in [-0.15, -0.1) is 11.8 Å². The zero-order valence-corrected chi connectivity index (χ0v) is 18.1. The van der Waals surface area contributed by atoms with Crippen LogP contribution in [0.5, 0.6) is 0 Å². The predicted octanol–water partition coefficient (Wildman–Crippen LogP) is -0.505. The molecule has 0 bridgehead atoms. The first-order chi connectivity index (χ1) is 13.4. The Hall–Kier alpha value is -1.01. The van der Waals surface area contributed by atoms with Gasteiger partial charge in [-0.3, -0.25) is 15.5 Å². The number of furan rings is 1. The first kappa shape index (κ1) is 21.7. The van der Waals surface area contributed by atoms with Crippen molar-refractivity contribution in [2.75, 3.05) is 27.2 Å². The van der Waals surface area contributed by atoms with Gasteiger partial charge in [0.1, 0.15) is 17.4 Å². The minimum Gasteiger partial charge on any atom is -0.466 e. The number of hydrogen-bond donors (Lipinski definition) is 5. The SMILES string of the molecule is BN1CCC2=C(CC1)C(NC(C)C(N)SC(N)NC)N(C)C(c1ccco1)N2. The summed E-state index contributed by atoms with van der Waals surface area (Å²) in [5, 5.41) is 10.4. The van der Waals surface area contributed by atoms with Crippen molar-refractivity contribution in [3.8, 4) is 0 Å². The van der Waals surface area contributed by atoms with Crippen LogP contribution >= 0.6 is 11.8 Å². The summed E-state index contributed by atoms with van der Waals surface area (Å²) < 4.78 is 5.72. The van der Waals surface area contributed by atoms with Crippen molar-refractivity contribution >= 4 is 19.7 Å². The van der Waals surface area contributed by atoms with E-state index in [-0.39, 0.29) is 29.2 Å². The number of thioether (sulfide) groups is 1. The molecule has 5 unspecified atom stereocenters. The van der Waals surface area contributed by atoms with Gasteiger partial charge in [-0.05, 0) is 64.7 Å². The zero-order chi connectivity index (χ0) is 20.3. The van der Waals surface area contributed by atoms with Crippen molar-refractivity contribution < 1.29 is 4.42 Å². The highest BCUT2D eigenvalue weighted by Gasteiger charge is 2.37. The molecule has 2 aliphatic heterocycles. The van der Waals surface area contributed by atoms with Gasteiger partial charge in [-0.2, -0.15) is 0 Å². The molecule has 0 aromatic carbocycles. The van der Waals surface area contributed by atoms with Gasteiger partial charge in [-0.25, -0.2) is 0 Å². The third-order valence-corrected chi connectivity index (χ3v) is 6.92. The molecule has 0 saturated heterocycles. The lowest BCUT2D eigenvalue weighted by Crippen LogP contribution is -2.59. The van der Waals surface area contributed by atoms with Gasteiger partial charge in [0.25, 0.3) is 0 Å². The van der Waals surface area contributed by atoms with E-state index in [0.717, 1.165) is 31.7 Å². The molecule has 0 radical (unpaired) electrons. The first-order valence-corrected chi connectivity index (χ1v) is 10.9. The summed E-state index contributed by atoms with van der Waals surface area (Å²) in [6.45, 7) is 4.23. The monoisotopic (exact) mass is 407 g/mol. The van der Waals surface area contributed by atoms with Crippen LogP contribution in [0, 0.1) is 0 Å². The molecule has 0 spiro atoms. The van der Waals surface area contributed by atoms with E-state index in [0.29, 0.717) is 0 Å². The van der Waals surface area contributed by atoms with Crippen molar-refractivity contribution in [1.82, 2.24) is 25.7 Å². The van der Waals surface area contributed by atoms with Crippen molar-refractivity contribution in [2.45, 2.75) is 49.0 Å². The standard InChI is InChI=1S/C18H34BN7OS/c1-11(15(20)28-18(21)22-2)23-16-12-6-8-26(19)9-7-13(12)24-17(25(16)3)14-5-4-10-27-14/h4-5,10-11,15-18,22-24H,6-9,19-21H2,1-3H3. The van der Waals surface area contributed by atoms with Crippen LogP contribution in [0.2, 0.25) is 0 Å². The minimum absolute atomic E-state index is 0.00898. The first-order valence-electron chi connectivity index (χ1n) is 9.93. The quantitative estimate of drug-likeness (QED) is 0.302. The normalized spacial score (nSPS) is 27.6. The summed E-state index contributed by atoms with van der Waals surface area (Å²) >= 11 is 1.53. The highest BCUT2D eigenvalue weighted by molar-refractivity contribution is 8.00. The highest BCUT2D eigenvalue weighted by Crippen LogP contribution is 2.33. The third-order valence-electron chi connectivity index (χ3n) is 5.66. The number of nitrogens with one attached hydrogen (secondary N) is 3. The van der Waals surface area contributed by atoms with E-state index in [9.17, 15) is 0 Å². The maximum absolute atomic E-state index is 6.41. The van der Waals surface area contributed by atoms with E-state index < -0.39 is 0 Å². The van der Waals surface area contributed by atoms with Crippen LogP contribution in [0.15, 0.2) is 34.1 Å².